The second-order valence-electron chi connectivity index (χ2n) is 7.27. The molecule has 4 aromatic rings. The Kier molecular flexibility index (Phi) is 4.30. The Hall–Kier alpha value is -2.48. The maximum atomic E-state index is 13.5. The fraction of sp³-hybridized carbons (Fsp3) is 0.130. The van der Waals surface area contributed by atoms with Gasteiger partial charge in [-0.05, 0) is 63.5 Å². The highest BCUT2D eigenvalue weighted by Crippen LogP contribution is 2.42. The zero-order valence-electron chi connectivity index (χ0n) is 15.7. The number of benzene rings is 1. The Labute approximate surface area is 188 Å². The number of hydrogen-bond donors (Lipinski definition) is 0. The lowest BCUT2D eigenvalue weighted by Crippen LogP contribution is -2.38. The average molecular weight is 495 g/mol. The quantitative estimate of drug-likeness (QED) is 0.404. The predicted molar refractivity (Wildman–Crippen MR) is 123 cm³/mol. The van der Waals surface area contributed by atoms with Gasteiger partial charge in [-0.25, -0.2) is 4.99 Å². The van der Waals surface area contributed by atoms with Gasteiger partial charge in [0.1, 0.15) is 5.76 Å². The molecule has 2 aliphatic rings. The Bertz CT molecular complexity index is 1490. The van der Waals surface area contributed by atoms with E-state index in [1.807, 2.05) is 22.8 Å². The molecular formula is C23H15BrN2O2S2. The van der Waals surface area contributed by atoms with Gasteiger partial charge in [0, 0.05) is 16.5 Å². The van der Waals surface area contributed by atoms with E-state index in [9.17, 15) is 4.79 Å². The molecule has 0 radical (unpaired) electrons. The molecule has 0 amide bonds. The molecule has 0 spiro atoms. The van der Waals surface area contributed by atoms with Crippen LogP contribution in [0.4, 0.5) is 0 Å². The summed E-state index contributed by atoms with van der Waals surface area (Å²) in [5.41, 5.74) is 4.76. The van der Waals surface area contributed by atoms with E-state index in [1.165, 1.54) is 32.9 Å². The van der Waals surface area contributed by atoms with Gasteiger partial charge in [-0.3, -0.25) is 9.36 Å². The van der Waals surface area contributed by atoms with Crippen LogP contribution in [0.3, 0.4) is 0 Å². The summed E-state index contributed by atoms with van der Waals surface area (Å²) in [6.07, 6.45) is 3.68. The molecule has 1 aromatic carbocycles. The zero-order valence-corrected chi connectivity index (χ0v) is 18.9. The first-order valence-electron chi connectivity index (χ1n) is 9.61. The van der Waals surface area contributed by atoms with Crippen LogP contribution in [0.25, 0.3) is 11.8 Å². The zero-order chi connectivity index (χ0) is 20.2. The molecule has 0 saturated heterocycles. The average Bonchev–Trinajstić information content (AvgIpc) is 3.49. The number of hydrogen-bond acceptors (Lipinski definition) is 5. The van der Waals surface area contributed by atoms with Crippen molar-refractivity contribution < 1.29 is 4.42 Å². The maximum Gasteiger partial charge on any atom is 0.271 e. The SMILES string of the molecule is O=c1/c(=C/c2ccc(Br)o2)sc2n1C(c1cccs1)C1=C(N=2)c2ccccc2CC1. The van der Waals surface area contributed by atoms with Crippen molar-refractivity contribution in [3.05, 3.63) is 106 Å². The standard InChI is InChI=1S/C23H15BrN2O2S2/c24-19-10-8-14(28-19)12-18-22(27)26-21(17-6-3-11-29-17)16-9-7-13-4-1-2-5-15(13)20(16)25-23(26)30-18/h1-6,8,10-12,21H,7,9H2/b18-12-. The van der Waals surface area contributed by atoms with E-state index in [1.54, 1.807) is 17.4 Å². The highest BCUT2D eigenvalue weighted by molar-refractivity contribution is 9.10. The summed E-state index contributed by atoms with van der Waals surface area (Å²) in [6.45, 7) is 0. The summed E-state index contributed by atoms with van der Waals surface area (Å²) in [4.78, 5) is 20.4. The lowest BCUT2D eigenvalue weighted by atomic mass is 9.85. The van der Waals surface area contributed by atoms with Crippen molar-refractivity contribution in [3.63, 3.8) is 0 Å². The molecule has 148 valence electrons. The third-order valence-corrected chi connectivity index (χ3v) is 7.89. The van der Waals surface area contributed by atoms with Gasteiger partial charge in [0.25, 0.3) is 5.56 Å². The third-order valence-electron chi connectivity index (χ3n) is 5.55. The Morgan fingerprint density at radius 2 is 2.03 bits per heavy atom. The van der Waals surface area contributed by atoms with Crippen molar-refractivity contribution in [3.8, 4) is 0 Å². The van der Waals surface area contributed by atoms with Crippen molar-refractivity contribution >= 4 is 50.4 Å². The minimum atomic E-state index is -0.102. The smallest absolute Gasteiger partial charge is 0.271 e. The summed E-state index contributed by atoms with van der Waals surface area (Å²) < 4.78 is 8.74. The Balaban J connectivity index is 1.64. The van der Waals surface area contributed by atoms with Crippen LogP contribution in [0.5, 0.6) is 0 Å². The monoisotopic (exact) mass is 494 g/mol. The van der Waals surface area contributed by atoms with Crippen LogP contribution in [-0.2, 0) is 6.42 Å². The molecule has 6 rings (SSSR count). The molecule has 0 bridgehead atoms. The van der Waals surface area contributed by atoms with Crippen molar-refractivity contribution in [2.75, 3.05) is 0 Å². The van der Waals surface area contributed by atoms with Crippen LogP contribution < -0.4 is 14.9 Å². The van der Waals surface area contributed by atoms with E-state index >= 15 is 0 Å². The summed E-state index contributed by atoms with van der Waals surface area (Å²) in [5, 5.41) is 2.07. The summed E-state index contributed by atoms with van der Waals surface area (Å²) in [7, 11) is 0. The fourth-order valence-corrected chi connectivity index (χ4v) is 6.40. The Morgan fingerprint density at radius 3 is 2.83 bits per heavy atom. The highest BCUT2D eigenvalue weighted by Gasteiger charge is 2.32. The maximum absolute atomic E-state index is 13.5. The Morgan fingerprint density at radius 1 is 1.13 bits per heavy atom. The van der Waals surface area contributed by atoms with Gasteiger partial charge < -0.3 is 4.42 Å². The van der Waals surface area contributed by atoms with Gasteiger partial charge in [0.2, 0.25) is 0 Å². The molecule has 0 saturated carbocycles. The largest absolute Gasteiger partial charge is 0.450 e. The summed E-state index contributed by atoms with van der Waals surface area (Å²) in [5.74, 6) is 0.647. The summed E-state index contributed by atoms with van der Waals surface area (Å²) >= 11 is 6.43. The molecule has 0 N–H and O–H groups in total. The topological polar surface area (TPSA) is 47.5 Å². The van der Waals surface area contributed by atoms with Gasteiger partial charge in [-0.15, -0.1) is 11.3 Å². The van der Waals surface area contributed by atoms with Gasteiger partial charge in [-0.2, -0.15) is 0 Å². The van der Waals surface area contributed by atoms with E-state index in [4.69, 9.17) is 9.41 Å². The molecule has 1 atom stereocenters. The van der Waals surface area contributed by atoms with E-state index in [2.05, 4.69) is 51.6 Å². The number of thiazole rings is 1. The van der Waals surface area contributed by atoms with Gasteiger partial charge in [0.05, 0.1) is 16.3 Å². The minimum Gasteiger partial charge on any atom is -0.450 e. The van der Waals surface area contributed by atoms with Crippen molar-refractivity contribution in [1.82, 2.24) is 4.57 Å². The molecule has 3 aromatic heterocycles. The fourth-order valence-electron chi connectivity index (χ4n) is 4.25. The second-order valence-corrected chi connectivity index (χ2v) is 10.0. The molecule has 1 aliphatic heterocycles. The number of nitrogens with zero attached hydrogens (tertiary/aromatic N) is 2. The summed E-state index contributed by atoms with van der Waals surface area (Å²) in [6, 6.07) is 16.2. The predicted octanol–water partition coefficient (Wildman–Crippen LogP) is 4.74. The van der Waals surface area contributed by atoms with Crippen molar-refractivity contribution in [2.45, 2.75) is 18.9 Å². The van der Waals surface area contributed by atoms with Crippen LogP contribution in [0.2, 0.25) is 0 Å². The lowest BCUT2D eigenvalue weighted by molar-refractivity contribution is 0.531. The van der Waals surface area contributed by atoms with E-state index in [-0.39, 0.29) is 11.6 Å². The van der Waals surface area contributed by atoms with Crippen LogP contribution in [0.1, 0.15) is 34.2 Å². The first-order chi connectivity index (χ1) is 14.7. The number of halogens is 1. The molecule has 1 unspecified atom stereocenters. The normalized spacial score (nSPS) is 18.0. The van der Waals surface area contributed by atoms with Gasteiger partial charge in [0.15, 0.2) is 9.47 Å². The third kappa shape index (κ3) is 2.84. The first-order valence-corrected chi connectivity index (χ1v) is 12.1. The van der Waals surface area contributed by atoms with Crippen LogP contribution >= 0.6 is 38.6 Å². The number of furan rings is 1. The molecular weight excluding hydrogens is 480 g/mol. The first kappa shape index (κ1) is 18.3. The van der Waals surface area contributed by atoms with Gasteiger partial charge >= 0.3 is 0 Å². The lowest BCUT2D eigenvalue weighted by Gasteiger charge is -2.30. The molecule has 30 heavy (non-hydrogen) atoms. The van der Waals surface area contributed by atoms with Crippen LogP contribution in [0.15, 0.2) is 78.4 Å². The highest BCUT2D eigenvalue weighted by atomic mass is 79.9. The van der Waals surface area contributed by atoms with Crippen molar-refractivity contribution in [1.29, 1.82) is 0 Å². The van der Waals surface area contributed by atoms with Crippen LogP contribution in [-0.4, -0.2) is 4.57 Å². The minimum absolute atomic E-state index is 0.0184. The number of fused-ring (bicyclic) bond motifs is 3. The van der Waals surface area contributed by atoms with E-state index in [0.717, 1.165) is 23.3 Å². The molecule has 4 heterocycles. The number of allylic oxidation sites excluding steroid dienone is 1. The number of aromatic nitrogens is 1. The number of aryl methyl sites for hydroxylation is 1. The molecule has 1 aliphatic carbocycles. The molecule has 4 nitrogen and oxygen atoms in total. The molecule has 7 heteroatoms. The van der Waals surface area contributed by atoms with E-state index < -0.39 is 0 Å². The second kappa shape index (κ2) is 7.04. The van der Waals surface area contributed by atoms with E-state index in [0.29, 0.717) is 15.0 Å². The van der Waals surface area contributed by atoms with Crippen LogP contribution in [0, 0.1) is 0 Å². The number of rotatable bonds is 2. The van der Waals surface area contributed by atoms with Crippen molar-refractivity contribution in [2.24, 2.45) is 4.99 Å². The van der Waals surface area contributed by atoms with Gasteiger partial charge in [-0.1, -0.05) is 41.7 Å². The number of thiophene rings is 1. The molecule has 0 fully saturated rings.